The zero-order valence-electron chi connectivity index (χ0n) is 10.5. The molecule has 0 aliphatic carbocycles. The molecule has 0 N–H and O–H groups in total. The van der Waals surface area contributed by atoms with Gasteiger partial charge in [-0.25, -0.2) is 0 Å². The standard InChI is InChI=1S/C16H15ClO/c1-11-7-12(2)9-13(8-11)10-16(18)14-5-3-4-6-15(14)17/h3-9H,10H2,1-2H3. The van der Waals surface area contributed by atoms with Crippen LogP contribution in [0.3, 0.4) is 0 Å². The summed E-state index contributed by atoms with van der Waals surface area (Å²) >= 11 is 6.03. The molecule has 0 spiro atoms. The number of hydrogen-bond donors (Lipinski definition) is 0. The van der Waals surface area contributed by atoms with Crippen LogP contribution in [-0.4, -0.2) is 5.78 Å². The van der Waals surface area contributed by atoms with Crippen LogP contribution >= 0.6 is 11.6 Å². The topological polar surface area (TPSA) is 17.1 Å². The summed E-state index contributed by atoms with van der Waals surface area (Å²) < 4.78 is 0. The fourth-order valence-electron chi connectivity index (χ4n) is 2.14. The highest BCUT2D eigenvalue weighted by molar-refractivity contribution is 6.34. The molecular weight excluding hydrogens is 244 g/mol. The molecule has 0 fully saturated rings. The van der Waals surface area contributed by atoms with Gasteiger partial charge in [0.1, 0.15) is 0 Å². The monoisotopic (exact) mass is 258 g/mol. The lowest BCUT2D eigenvalue weighted by molar-refractivity contribution is 0.0993. The third kappa shape index (κ3) is 2.99. The molecule has 0 amide bonds. The van der Waals surface area contributed by atoms with Crippen molar-refractivity contribution < 1.29 is 4.79 Å². The van der Waals surface area contributed by atoms with Crippen molar-refractivity contribution >= 4 is 17.4 Å². The number of Topliss-reactive ketones (excluding diaryl/α,β-unsaturated/α-hetero) is 1. The van der Waals surface area contributed by atoms with Gasteiger partial charge in [-0.2, -0.15) is 0 Å². The second kappa shape index (κ2) is 5.36. The van der Waals surface area contributed by atoms with E-state index >= 15 is 0 Å². The Morgan fingerprint density at radius 1 is 1.06 bits per heavy atom. The van der Waals surface area contributed by atoms with Gasteiger partial charge in [-0.15, -0.1) is 0 Å². The van der Waals surface area contributed by atoms with Crippen LogP contribution in [0.25, 0.3) is 0 Å². The molecule has 0 aliphatic rings. The number of carbonyl (C=O) groups excluding carboxylic acids is 1. The van der Waals surface area contributed by atoms with E-state index in [1.807, 2.05) is 38.1 Å². The van der Waals surface area contributed by atoms with Crippen LogP contribution in [0.15, 0.2) is 42.5 Å². The Kier molecular flexibility index (Phi) is 3.83. The first kappa shape index (κ1) is 12.8. The average Bonchev–Trinajstić information content (AvgIpc) is 2.27. The van der Waals surface area contributed by atoms with Crippen LogP contribution in [0.5, 0.6) is 0 Å². The van der Waals surface area contributed by atoms with Crippen molar-refractivity contribution in [3.05, 3.63) is 69.7 Å². The van der Waals surface area contributed by atoms with Crippen molar-refractivity contribution in [2.45, 2.75) is 20.3 Å². The smallest absolute Gasteiger partial charge is 0.168 e. The fourth-order valence-corrected chi connectivity index (χ4v) is 2.38. The first-order valence-electron chi connectivity index (χ1n) is 5.91. The molecule has 0 aromatic heterocycles. The lowest BCUT2D eigenvalue weighted by Gasteiger charge is -2.06. The largest absolute Gasteiger partial charge is 0.294 e. The molecular formula is C16H15ClO. The molecule has 0 bridgehead atoms. The number of halogens is 1. The van der Waals surface area contributed by atoms with Gasteiger partial charge in [0.2, 0.25) is 0 Å². The summed E-state index contributed by atoms with van der Waals surface area (Å²) in [5.41, 5.74) is 3.99. The summed E-state index contributed by atoms with van der Waals surface area (Å²) in [6.07, 6.45) is 0.395. The van der Waals surface area contributed by atoms with Crippen molar-refractivity contribution in [2.75, 3.05) is 0 Å². The highest BCUT2D eigenvalue weighted by atomic mass is 35.5. The van der Waals surface area contributed by atoms with E-state index in [1.54, 1.807) is 12.1 Å². The number of aryl methyl sites for hydroxylation is 2. The minimum atomic E-state index is 0.0607. The van der Waals surface area contributed by atoms with Crippen molar-refractivity contribution in [1.82, 2.24) is 0 Å². The maximum atomic E-state index is 12.2. The molecule has 0 aliphatic heterocycles. The van der Waals surface area contributed by atoms with Gasteiger partial charge in [0.05, 0.1) is 5.02 Å². The van der Waals surface area contributed by atoms with Gasteiger partial charge in [0.25, 0.3) is 0 Å². The van der Waals surface area contributed by atoms with Gasteiger partial charge < -0.3 is 0 Å². The van der Waals surface area contributed by atoms with E-state index in [4.69, 9.17) is 11.6 Å². The molecule has 0 heterocycles. The first-order valence-corrected chi connectivity index (χ1v) is 6.29. The Morgan fingerprint density at radius 3 is 2.28 bits per heavy atom. The molecule has 2 heteroatoms. The minimum Gasteiger partial charge on any atom is -0.294 e. The summed E-state index contributed by atoms with van der Waals surface area (Å²) in [6.45, 7) is 4.08. The molecule has 2 aromatic rings. The molecule has 0 saturated carbocycles. The maximum Gasteiger partial charge on any atom is 0.168 e. The molecule has 2 aromatic carbocycles. The maximum absolute atomic E-state index is 12.2. The Bertz CT molecular complexity index is 567. The molecule has 92 valence electrons. The summed E-state index contributed by atoms with van der Waals surface area (Å²) in [5.74, 6) is 0.0607. The fraction of sp³-hybridized carbons (Fsp3) is 0.188. The van der Waals surface area contributed by atoms with Crippen LogP contribution in [0.2, 0.25) is 5.02 Å². The minimum absolute atomic E-state index is 0.0607. The lowest BCUT2D eigenvalue weighted by atomic mass is 10.00. The third-order valence-electron chi connectivity index (χ3n) is 2.82. The van der Waals surface area contributed by atoms with E-state index in [0.717, 1.165) is 5.56 Å². The molecule has 0 unspecified atom stereocenters. The third-order valence-corrected chi connectivity index (χ3v) is 3.15. The van der Waals surface area contributed by atoms with E-state index in [2.05, 4.69) is 6.07 Å². The Balaban J connectivity index is 2.24. The van der Waals surface area contributed by atoms with E-state index in [9.17, 15) is 4.79 Å². The average molecular weight is 259 g/mol. The predicted molar refractivity (Wildman–Crippen MR) is 75.4 cm³/mol. The quantitative estimate of drug-likeness (QED) is 0.747. The Labute approximate surface area is 112 Å². The molecule has 2 rings (SSSR count). The van der Waals surface area contributed by atoms with Crippen molar-refractivity contribution in [3.8, 4) is 0 Å². The normalized spacial score (nSPS) is 10.4. The van der Waals surface area contributed by atoms with E-state index in [1.165, 1.54) is 11.1 Å². The van der Waals surface area contributed by atoms with Crippen LogP contribution < -0.4 is 0 Å². The van der Waals surface area contributed by atoms with Gasteiger partial charge in [0.15, 0.2) is 5.78 Å². The van der Waals surface area contributed by atoms with E-state index in [0.29, 0.717) is 17.0 Å². The molecule has 18 heavy (non-hydrogen) atoms. The number of carbonyl (C=O) groups is 1. The molecule has 0 radical (unpaired) electrons. The van der Waals surface area contributed by atoms with Gasteiger partial charge in [-0.05, 0) is 31.5 Å². The SMILES string of the molecule is Cc1cc(C)cc(CC(=O)c2ccccc2Cl)c1. The Morgan fingerprint density at radius 2 is 1.67 bits per heavy atom. The highest BCUT2D eigenvalue weighted by Crippen LogP contribution is 2.18. The summed E-state index contributed by atoms with van der Waals surface area (Å²) in [5, 5.41) is 0.520. The highest BCUT2D eigenvalue weighted by Gasteiger charge is 2.10. The van der Waals surface area contributed by atoms with Gasteiger partial charge in [-0.3, -0.25) is 4.79 Å². The number of ketones is 1. The lowest BCUT2D eigenvalue weighted by Crippen LogP contribution is -2.04. The second-order valence-corrected chi connectivity index (χ2v) is 4.98. The predicted octanol–water partition coefficient (Wildman–Crippen LogP) is 4.38. The number of hydrogen-bond acceptors (Lipinski definition) is 1. The summed E-state index contributed by atoms with van der Waals surface area (Å²) in [4.78, 5) is 12.2. The van der Waals surface area contributed by atoms with Gasteiger partial charge in [0, 0.05) is 12.0 Å². The van der Waals surface area contributed by atoms with Crippen LogP contribution in [0.1, 0.15) is 27.0 Å². The molecule has 0 saturated heterocycles. The van der Waals surface area contributed by atoms with Gasteiger partial charge >= 0.3 is 0 Å². The van der Waals surface area contributed by atoms with Crippen molar-refractivity contribution in [3.63, 3.8) is 0 Å². The van der Waals surface area contributed by atoms with Crippen LogP contribution in [0.4, 0.5) is 0 Å². The Hall–Kier alpha value is -1.60. The van der Waals surface area contributed by atoms with Gasteiger partial charge in [-0.1, -0.05) is 53.1 Å². The van der Waals surface area contributed by atoms with E-state index in [-0.39, 0.29) is 5.78 Å². The summed E-state index contributed by atoms with van der Waals surface area (Å²) in [6, 6.07) is 13.4. The molecule has 0 atom stereocenters. The zero-order valence-corrected chi connectivity index (χ0v) is 11.3. The first-order chi connectivity index (χ1) is 8.56. The summed E-state index contributed by atoms with van der Waals surface area (Å²) in [7, 11) is 0. The second-order valence-electron chi connectivity index (χ2n) is 4.58. The van der Waals surface area contributed by atoms with Crippen molar-refractivity contribution in [1.29, 1.82) is 0 Å². The zero-order chi connectivity index (χ0) is 13.1. The van der Waals surface area contributed by atoms with Crippen LogP contribution in [-0.2, 0) is 6.42 Å². The van der Waals surface area contributed by atoms with Crippen LogP contribution in [0, 0.1) is 13.8 Å². The van der Waals surface area contributed by atoms with Crippen molar-refractivity contribution in [2.24, 2.45) is 0 Å². The molecule has 1 nitrogen and oxygen atoms in total. The number of rotatable bonds is 3. The number of benzene rings is 2. The van der Waals surface area contributed by atoms with E-state index < -0.39 is 0 Å².